The first kappa shape index (κ1) is 6.56. The Morgan fingerprint density at radius 3 is 2.50 bits per heavy atom. The van der Waals surface area contributed by atoms with Crippen molar-refractivity contribution in [1.29, 1.82) is 0 Å². The van der Waals surface area contributed by atoms with E-state index in [0.717, 1.165) is 18.2 Å². The number of alkyl halides is 1. The van der Waals surface area contributed by atoms with E-state index in [4.69, 9.17) is 0 Å². The van der Waals surface area contributed by atoms with Crippen molar-refractivity contribution in [3.8, 4) is 0 Å². The van der Waals surface area contributed by atoms with E-state index in [1.54, 1.807) is 0 Å². The van der Waals surface area contributed by atoms with Crippen molar-refractivity contribution < 1.29 is 5.11 Å². The van der Waals surface area contributed by atoms with E-state index in [1.807, 2.05) is 6.92 Å². The van der Waals surface area contributed by atoms with E-state index < -0.39 is 0 Å². The summed E-state index contributed by atoms with van der Waals surface area (Å²) in [5.74, 6) is 0.571. The van der Waals surface area contributed by atoms with E-state index in [9.17, 15) is 5.11 Å². The van der Waals surface area contributed by atoms with Gasteiger partial charge in [-0.25, -0.2) is 0 Å². The Kier molecular flexibility index (Phi) is 1.63. The van der Waals surface area contributed by atoms with Gasteiger partial charge >= 0.3 is 0 Å². The van der Waals surface area contributed by atoms with Crippen LogP contribution in [0, 0.1) is 5.92 Å². The average Bonchev–Trinajstić information content (AvgIpc) is 2.15. The number of rotatable bonds is 2. The summed E-state index contributed by atoms with van der Waals surface area (Å²) in [5, 5.41) is 10.2. The van der Waals surface area contributed by atoms with Crippen molar-refractivity contribution in [2.45, 2.75) is 25.4 Å². The number of halogens is 1. The van der Waals surface area contributed by atoms with Gasteiger partial charge in [0, 0.05) is 5.33 Å². The highest BCUT2D eigenvalue weighted by Crippen LogP contribution is 2.45. The van der Waals surface area contributed by atoms with Crippen LogP contribution in [0.5, 0.6) is 0 Å². The summed E-state index contributed by atoms with van der Waals surface area (Å²) in [6.45, 7) is 1.90. The van der Waals surface area contributed by atoms with Gasteiger partial charge in [-0.1, -0.05) is 15.9 Å². The molecule has 1 saturated carbocycles. The van der Waals surface area contributed by atoms with Crippen LogP contribution in [-0.2, 0) is 0 Å². The van der Waals surface area contributed by atoms with E-state index >= 15 is 0 Å². The second kappa shape index (κ2) is 1.99. The lowest BCUT2D eigenvalue weighted by atomic mass is 10.2. The molecule has 1 aliphatic rings. The molecule has 2 heteroatoms. The predicted octanol–water partition coefficient (Wildman–Crippen LogP) is 1.54. The smallest absolute Gasteiger partial charge is 0.0652 e. The topological polar surface area (TPSA) is 20.2 Å². The molecule has 8 heavy (non-hydrogen) atoms. The number of hydrogen-bond donors (Lipinski definition) is 1. The molecule has 0 spiro atoms. The van der Waals surface area contributed by atoms with Crippen LogP contribution in [0.15, 0.2) is 0 Å². The first-order valence-electron chi connectivity index (χ1n) is 2.95. The molecular weight excluding hydrogens is 168 g/mol. The second-order valence-corrected chi connectivity index (χ2v) is 3.53. The third-order valence-corrected chi connectivity index (χ3v) is 2.29. The fourth-order valence-electron chi connectivity index (χ4n) is 0.985. The van der Waals surface area contributed by atoms with Crippen LogP contribution in [0.25, 0.3) is 0 Å². The van der Waals surface area contributed by atoms with Gasteiger partial charge in [0.15, 0.2) is 0 Å². The maximum atomic E-state index is 9.20. The highest BCUT2D eigenvalue weighted by Gasteiger charge is 2.47. The van der Waals surface area contributed by atoms with Gasteiger partial charge in [0.1, 0.15) is 0 Å². The zero-order valence-corrected chi connectivity index (χ0v) is 6.61. The third kappa shape index (κ3) is 1.23. The van der Waals surface area contributed by atoms with Crippen LogP contribution in [0.1, 0.15) is 19.8 Å². The molecule has 0 unspecified atom stereocenters. The fourth-order valence-corrected chi connectivity index (χ4v) is 1.54. The van der Waals surface area contributed by atoms with Crippen LogP contribution in [0.3, 0.4) is 0 Å². The molecule has 1 N–H and O–H groups in total. The van der Waals surface area contributed by atoms with Gasteiger partial charge in [-0.05, 0) is 25.7 Å². The zero-order valence-electron chi connectivity index (χ0n) is 5.02. The maximum absolute atomic E-state index is 9.20. The number of aliphatic hydroxyl groups is 1. The van der Waals surface area contributed by atoms with E-state index in [2.05, 4.69) is 15.9 Å². The molecule has 48 valence electrons. The predicted molar refractivity (Wildman–Crippen MR) is 37.1 cm³/mol. The monoisotopic (exact) mass is 178 g/mol. The third-order valence-electron chi connectivity index (χ3n) is 1.84. The van der Waals surface area contributed by atoms with E-state index in [0.29, 0.717) is 5.92 Å². The summed E-state index contributed by atoms with van der Waals surface area (Å²) in [7, 11) is 0. The summed E-state index contributed by atoms with van der Waals surface area (Å²) >= 11 is 3.33. The Morgan fingerprint density at radius 1 is 1.88 bits per heavy atom. The highest BCUT2D eigenvalue weighted by molar-refractivity contribution is 9.09. The molecule has 1 rings (SSSR count). The molecule has 0 amide bonds. The molecular formula is C6H11BrO. The highest BCUT2D eigenvalue weighted by atomic mass is 79.9. The Bertz CT molecular complexity index is 90.5. The SMILES string of the molecule is C[C@]1(O)C[C@@H]1CCBr. The Labute approximate surface area is 58.2 Å². The molecule has 1 nitrogen and oxygen atoms in total. The lowest BCUT2D eigenvalue weighted by molar-refractivity contribution is 0.151. The molecule has 0 aromatic heterocycles. The van der Waals surface area contributed by atoms with E-state index in [-0.39, 0.29) is 5.60 Å². The van der Waals surface area contributed by atoms with Crippen LogP contribution < -0.4 is 0 Å². The zero-order chi connectivity index (χ0) is 6.20. The Morgan fingerprint density at radius 2 is 2.38 bits per heavy atom. The molecule has 0 aliphatic heterocycles. The van der Waals surface area contributed by atoms with Crippen molar-refractivity contribution in [2.75, 3.05) is 5.33 Å². The van der Waals surface area contributed by atoms with Crippen LogP contribution >= 0.6 is 15.9 Å². The lowest BCUT2D eigenvalue weighted by Crippen LogP contribution is -2.03. The second-order valence-electron chi connectivity index (χ2n) is 2.74. The average molecular weight is 179 g/mol. The minimum atomic E-state index is -0.312. The first-order chi connectivity index (χ1) is 3.67. The van der Waals surface area contributed by atoms with Gasteiger partial charge in [0.25, 0.3) is 0 Å². The molecule has 0 aromatic rings. The quantitative estimate of drug-likeness (QED) is 0.637. The minimum absolute atomic E-state index is 0.312. The normalized spacial score (nSPS) is 44.6. The molecule has 0 bridgehead atoms. The minimum Gasteiger partial charge on any atom is -0.390 e. The molecule has 0 heterocycles. The molecule has 0 saturated heterocycles. The Balaban J connectivity index is 2.17. The summed E-state index contributed by atoms with van der Waals surface area (Å²) in [6.07, 6.45) is 2.12. The molecule has 0 radical (unpaired) electrons. The lowest BCUT2D eigenvalue weighted by Gasteiger charge is -1.97. The van der Waals surface area contributed by atoms with Gasteiger partial charge in [-0.3, -0.25) is 0 Å². The summed E-state index contributed by atoms with van der Waals surface area (Å²) in [4.78, 5) is 0. The van der Waals surface area contributed by atoms with Crippen molar-refractivity contribution in [3.63, 3.8) is 0 Å². The summed E-state index contributed by atoms with van der Waals surface area (Å²) in [6, 6.07) is 0. The van der Waals surface area contributed by atoms with Gasteiger partial charge in [0.2, 0.25) is 0 Å². The van der Waals surface area contributed by atoms with Crippen LogP contribution in [-0.4, -0.2) is 16.0 Å². The first-order valence-corrected chi connectivity index (χ1v) is 4.07. The van der Waals surface area contributed by atoms with E-state index in [1.165, 1.54) is 0 Å². The van der Waals surface area contributed by atoms with Crippen molar-refractivity contribution in [1.82, 2.24) is 0 Å². The summed E-state index contributed by atoms with van der Waals surface area (Å²) in [5.41, 5.74) is -0.312. The van der Waals surface area contributed by atoms with Crippen molar-refractivity contribution >= 4 is 15.9 Å². The van der Waals surface area contributed by atoms with Crippen molar-refractivity contribution in [2.24, 2.45) is 5.92 Å². The largest absolute Gasteiger partial charge is 0.390 e. The molecule has 0 aromatic carbocycles. The Hall–Kier alpha value is 0.440. The molecule has 1 aliphatic carbocycles. The van der Waals surface area contributed by atoms with Gasteiger partial charge in [-0.15, -0.1) is 0 Å². The standard InChI is InChI=1S/C6H11BrO/c1-6(8)4-5(6)2-3-7/h5,8H,2-4H2,1H3/t5-,6-/m0/s1. The van der Waals surface area contributed by atoms with Crippen molar-refractivity contribution in [3.05, 3.63) is 0 Å². The molecule has 2 atom stereocenters. The summed E-state index contributed by atoms with van der Waals surface area (Å²) < 4.78 is 0. The molecule has 1 fully saturated rings. The van der Waals surface area contributed by atoms with Crippen LogP contribution in [0.4, 0.5) is 0 Å². The maximum Gasteiger partial charge on any atom is 0.0652 e. The van der Waals surface area contributed by atoms with Gasteiger partial charge in [0.05, 0.1) is 5.60 Å². The fraction of sp³-hybridized carbons (Fsp3) is 1.00. The number of hydrogen-bond acceptors (Lipinski definition) is 1. The van der Waals surface area contributed by atoms with Gasteiger partial charge < -0.3 is 5.11 Å². The van der Waals surface area contributed by atoms with Crippen LogP contribution in [0.2, 0.25) is 0 Å². The van der Waals surface area contributed by atoms with Gasteiger partial charge in [-0.2, -0.15) is 0 Å².